The van der Waals surface area contributed by atoms with Crippen LogP contribution in [0.2, 0.25) is 0 Å². The number of aromatic nitrogens is 6. The smallest absolute Gasteiger partial charge is 0.405 e. The maximum atomic E-state index is 14.0. The van der Waals surface area contributed by atoms with Gasteiger partial charge in [-0.2, -0.15) is 5.10 Å². The number of carbonyl (C=O) groups excluding carboxylic acids is 1. The number of likely N-dealkylation sites (tertiary alicyclic amines) is 1. The molecule has 5 heterocycles. The molecular formula is C30H30N8O4S. The van der Waals surface area contributed by atoms with Gasteiger partial charge in [-0.15, -0.1) is 21.5 Å². The molecule has 0 aliphatic carbocycles. The number of hydrogen-bond acceptors (Lipinski definition) is 9. The SMILES string of the molecule is Cc1csc([C@H]2CCCN2C(=O)c2cc(-c3ccn(C)n3)nc(-c3nnc([C@@](C)(Cc4ccccc4)NC(=O)O)o3)c2)n1. The summed E-state index contributed by atoms with van der Waals surface area (Å²) in [5.74, 6) is -0.0235. The number of nitrogens with zero attached hydrogens (tertiary/aromatic N) is 7. The second-order valence-electron chi connectivity index (χ2n) is 10.8. The molecule has 1 saturated heterocycles. The lowest BCUT2D eigenvalue weighted by Gasteiger charge is -2.25. The Morgan fingerprint density at radius 2 is 1.91 bits per heavy atom. The van der Waals surface area contributed by atoms with E-state index in [0.717, 1.165) is 29.1 Å². The lowest BCUT2D eigenvalue weighted by atomic mass is 9.93. The number of carboxylic acid groups (broad SMARTS) is 1. The third-order valence-electron chi connectivity index (χ3n) is 7.38. The molecule has 2 atom stereocenters. The van der Waals surface area contributed by atoms with Crippen molar-refractivity contribution in [3.63, 3.8) is 0 Å². The first-order chi connectivity index (χ1) is 20.7. The van der Waals surface area contributed by atoms with Crippen LogP contribution in [0.25, 0.3) is 23.0 Å². The molecule has 4 aromatic heterocycles. The summed E-state index contributed by atoms with van der Waals surface area (Å²) in [6.07, 6.45) is 2.57. The molecule has 0 saturated carbocycles. The van der Waals surface area contributed by atoms with Crippen molar-refractivity contribution < 1.29 is 19.1 Å². The number of amides is 2. The van der Waals surface area contributed by atoms with E-state index in [9.17, 15) is 14.7 Å². The van der Waals surface area contributed by atoms with Gasteiger partial charge in [-0.05, 0) is 50.5 Å². The van der Waals surface area contributed by atoms with Crippen LogP contribution in [0.4, 0.5) is 4.79 Å². The van der Waals surface area contributed by atoms with E-state index in [2.05, 4.69) is 25.6 Å². The Labute approximate surface area is 251 Å². The van der Waals surface area contributed by atoms with Gasteiger partial charge in [-0.25, -0.2) is 14.8 Å². The van der Waals surface area contributed by atoms with Crippen LogP contribution < -0.4 is 5.32 Å². The van der Waals surface area contributed by atoms with Gasteiger partial charge in [0.2, 0.25) is 5.89 Å². The van der Waals surface area contributed by atoms with Gasteiger partial charge in [0, 0.05) is 42.8 Å². The third kappa shape index (κ3) is 5.89. The van der Waals surface area contributed by atoms with Gasteiger partial charge in [0.05, 0.1) is 11.7 Å². The molecule has 0 radical (unpaired) electrons. The average Bonchev–Trinajstić information content (AvgIpc) is 3.80. The highest BCUT2D eigenvalue weighted by atomic mass is 32.1. The van der Waals surface area contributed by atoms with Crippen molar-refractivity contribution in [2.24, 2.45) is 7.05 Å². The van der Waals surface area contributed by atoms with Crippen LogP contribution in [-0.4, -0.2) is 58.5 Å². The van der Waals surface area contributed by atoms with Crippen molar-refractivity contribution in [3.05, 3.63) is 87.8 Å². The summed E-state index contributed by atoms with van der Waals surface area (Å²) in [6, 6.07) is 14.5. The topological polar surface area (TPSA) is 152 Å². The van der Waals surface area contributed by atoms with E-state index in [1.807, 2.05) is 53.6 Å². The molecule has 5 aromatic rings. The quantitative estimate of drug-likeness (QED) is 0.251. The van der Waals surface area contributed by atoms with E-state index in [-0.39, 0.29) is 35.8 Å². The Bertz CT molecular complexity index is 1780. The largest absolute Gasteiger partial charge is 0.465 e. The lowest BCUT2D eigenvalue weighted by Crippen LogP contribution is -2.44. The van der Waals surface area contributed by atoms with E-state index < -0.39 is 11.6 Å². The van der Waals surface area contributed by atoms with Crippen molar-refractivity contribution in [3.8, 4) is 23.0 Å². The van der Waals surface area contributed by atoms with Crippen LogP contribution in [0, 0.1) is 6.92 Å². The zero-order chi connectivity index (χ0) is 30.1. The summed E-state index contributed by atoms with van der Waals surface area (Å²) in [7, 11) is 1.80. The van der Waals surface area contributed by atoms with Crippen molar-refractivity contribution in [1.82, 2.24) is 40.2 Å². The Morgan fingerprint density at radius 1 is 1.12 bits per heavy atom. The summed E-state index contributed by atoms with van der Waals surface area (Å²) in [6.45, 7) is 4.25. The van der Waals surface area contributed by atoms with Crippen molar-refractivity contribution in [2.75, 3.05) is 6.54 Å². The summed E-state index contributed by atoms with van der Waals surface area (Å²) in [5, 5.41) is 28.0. The Morgan fingerprint density at radius 3 is 2.60 bits per heavy atom. The number of thiazole rings is 1. The molecule has 2 amide bonds. The summed E-state index contributed by atoms with van der Waals surface area (Å²) in [5.41, 5.74) is 2.34. The number of benzene rings is 1. The molecule has 43 heavy (non-hydrogen) atoms. The van der Waals surface area contributed by atoms with Crippen LogP contribution in [0.1, 0.15) is 58.3 Å². The average molecular weight is 599 g/mol. The van der Waals surface area contributed by atoms with Crippen LogP contribution in [0.3, 0.4) is 0 Å². The van der Waals surface area contributed by atoms with E-state index in [1.165, 1.54) is 0 Å². The van der Waals surface area contributed by atoms with E-state index in [4.69, 9.17) is 9.40 Å². The van der Waals surface area contributed by atoms with Gasteiger partial charge in [0.15, 0.2) is 0 Å². The van der Waals surface area contributed by atoms with Crippen molar-refractivity contribution in [1.29, 1.82) is 0 Å². The molecule has 1 aromatic carbocycles. The molecule has 12 nitrogen and oxygen atoms in total. The maximum absolute atomic E-state index is 14.0. The highest BCUT2D eigenvalue weighted by molar-refractivity contribution is 7.09. The van der Waals surface area contributed by atoms with Crippen LogP contribution in [-0.2, 0) is 19.0 Å². The number of aryl methyl sites for hydroxylation is 2. The van der Waals surface area contributed by atoms with Crippen LogP contribution in [0.15, 0.2) is 64.5 Å². The van der Waals surface area contributed by atoms with Gasteiger partial charge in [0.1, 0.15) is 21.9 Å². The first-order valence-electron chi connectivity index (χ1n) is 13.8. The molecule has 13 heteroatoms. The third-order valence-corrected chi connectivity index (χ3v) is 8.45. The van der Waals surface area contributed by atoms with Crippen molar-refractivity contribution >= 4 is 23.3 Å². The van der Waals surface area contributed by atoms with E-state index in [1.54, 1.807) is 48.3 Å². The molecule has 6 rings (SSSR count). The number of hydrogen-bond donors (Lipinski definition) is 2. The number of carbonyl (C=O) groups is 2. The molecule has 1 aliphatic rings. The fraction of sp³-hybridized carbons (Fsp3) is 0.300. The lowest BCUT2D eigenvalue weighted by molar-refractivity contribution is 0.0735. The minimum absolute atomic E-state index is 0.0572. The molecule has 1 fully saturated rings. The highest BCUT2D eigenvalue weighted by Crippen LogP contribution is 2.36. The standard InChI is InChI=1S/C30H30N8O4S/c1-18-17-43-26(31-18)24-10-7-12-38(24)27(39)20-14-22(21-11-13-37(3)36-21)32-23(15-20)25-34-35-28(42-25)30(2,33-29(40)41)16-19-8-5-4-6-9-19/h4-6,8-9,11,13-15,17,24,33H,7,10,12,16H2,1-3H3,(H,40,41)/t24-,30-/m1/s1. The minimum Gasteiger partial charge on any atom is -0.465 e. The molecule has 0 spiro atoms. The van der Waals surface area contributed by atoms with E-state index in [0.29, 0.717) is 23.5 Å². The zero-order valence-corrected chi connectivity index (χ0v) is 24.7. The highest BCUT2D eigenvalue weighted by Gasteiger charge is 2.36. The Hall–Kier alpha value is -4.91. The predicted octanol–water partition coefficient (Wildman–Crippen LogP) is 5.00. The Kier molecular flexibility index (Phi) is 7.48. The normalized spacial score (nSPS) is 16.3. The number of pyridine rings is 1. The summed E-state index contributed by atoms with van der Waals surface area (Å²) in [4.78, 5) is 37.0. The van der Waals surface area contributed by atoms with E-state index >= 15 is 0 Å². The second-order valence-corrected chi connectivity index (χ2v) is 11.7. The molecular weight excluding hydrogens is 568 g/mol. The van der Waals surface area contributed by atoms with Gasteiger partial charge < -0.3 is 19.7 Å². The first-order valence-corrected chi connectivity index (χ1v) is 14.7. The maximum Gasteiger partial charge on any atom is 0.405 e. The molecule has 2 N–H and O–H groups in total. The fourth-order valence-electron chi connectivity index (χ4n) is 5.37. The van der Waals surface area contributed by atoms with Gasteiger partial charge in [-0.1, -0.05) is 30.3 Å². The zero-order valence-electron chi connectivity index (χ0n) is 23.9. The van der Waals surface area contributed by atoms with Crippen molar-refractivity contribution in [2.45, 2.75) is 44.7 Å². The molecule has 1 aliphatic heterocycles. The first kappa shape index (κ1) is 28.2. The second kappa shape index (κ2) is 11.4. The van der Waals surface area contributed by atoms with Gasteiger partial charge in [0.25, 0.3) is 11.8 Å². The van der Waals surface area contributed by atoms with Crippen LogP contribution in [0.5, 0.6) is 0 Å². The number of nitrogens with one attached hydrogen (secondary N) is 1. The molecule has 0 bridgehead atoms. The fourth-order valence-corrected chi connectivity index (χ4v) is 6.31. The predicted molar refractivity (Wildman–Crippen MR) is 158 cm³/mol. The Balaban J connectivity index is 1.39. The summed E-state index contributed by atoms with van der Waals surface area (Å²) >= 11 is 1.56. The van der Waals surface area contributed by atoms with Crippen LogP contribution >= 0.6 is 11.3 Å². The van der Waals surface area contributed by atoms with Gasteiger partial charge in [-0.3, -0.25) is 9.48 Å². The number of rotatable bonds is 8. The molecule has 0 unspecified atom stereocenters. The van der Waals surface area contributed by atoms with Gasteiger partial charge >= 0.3 is 6.09 Å². The molecule has 220 valence electrons. The summed E-state index contributed by atoms with van der Waals surface area (Å²) < 4.78 is 7.74. The monoisotopic (exact) mass is 598 g/mol. The minimum atomic E-state index is -1.23.